The predicted molar refractivity (Wildman–Crippen MR) is 84.7 cm³/mol. The molecule has 2 aromatic carbocycles. The van der Waals surface area contributed by atoms with Crippen molar-refractivity contribution < 1.29 is 4.39 Å². The normalized spacial score (nSPS) is 16.4. The van der Waals surface area contributed by atoms with Crippen LogP contribution in [0.2, 0.25) is 0 Å². The van der Waals surface area contributed by atoms with E-state index in [2.05, 4.69) is 45.1 Å². The van der Waals surface area contributed by atoms with Gasteiger partial charge in [-0.3, -0.25) is 0 Å². The Morgan fingerprint density at radius 2 is 1.75 bits per heavy atom. The molecule has 0 spiro atoms. The van der Waals surface area contributed by atoms with E-state index in [9.17, 15) is 4.39 Å². The maximum Gasteiger partial charge on any atom is 0.125 e. The fourth-order valence-electron chi connectivity index (χ4n) is 2.90. The summed E-state index contributed by atoms with van der Waals surface area (Å²) in [5, 5.41) is 0. The molecule has 3 heteroatoms. The number of piperidine rings is 1. The van der Waals surface area contributed by atoms with E-state index >= 15 is 0 Å². The third kappa shape index (κ3) is 3.04. The Kier molecular flexibility index (Phi) is 4.06. The molecule has 0 radical (unpaired) electrons. The van der Waals surface area contributed by atoms with Crippen LogP contribution in [0.3, 0.4) is 0 Å². The van der Waals surface area contributed by atoms with Crippen LogP contribution in [0.4, 0.5) is 10.1 Å². The summed E-state index contributed by atoms with van der Waals surface area (Å²) in [6.45, 7) is 1.97. The van der Waals surface area contributed by atoms with Crippen LogP contribution < -0.4 is 4.90 Å². The molecule has 1 saturated heterocycles. The standard InChI is InChI=1S/C17H17BrFN/c18-15-4-1-3-14(11-15)13-7-9-20(10-8-13)17-6-2-5-16(19)12-17/h1-6,11-13H,7-10H2. The number of hydrogen-bond acceptors (Lipinski definition) is 1. The van der Waals surface area contributed by atoms with Gasteiger partial charge in [-0.2, -0.15) is 0 Å². The van der Waals surface area contributed by atoms with Gasteiger partial charge in [0.05, 0.1) is 0 Å². The fraction of sp³-hybridized carbons (Fsp3) is 0.294. The Morgan fingerprint density at radius 1 is 1.00 bits per heavy atom. The zero-order valence-corrected chi connectivity index (χ0v) is 12.8. The molecule has 0 unspecified atom stereocenters. The van der Waals surface area contributed by atoms with Crippen molar-refractivity contribution in [1.82, 2.24) is 0 Å². The van der Waals surface area contributed by atoms with Crippen molar-refractivity contribution >= 4 is 21.6 Å². The maximum atomic E-state index is 13.3. The summed E-state index contributed by atoms with van der Waals surface area (Å²) < 4.78 is 14.4. The highest BCUT2D eigenvalue weighted by Crippen LogP contribution is 2.31. The zero-order valence-electron chi connectivity index (χ0n) is 11.2. The lowest BCUT2D eigenvalue weighted by molar-refractivity contribution is 0.504. The number of rotatable bonds is 2. The van der Waals surface area contributed by atoms with Crippen LogP contribution in [-0.2, 0) is 0 Å². The van der Waals surface area contributed by atoms with Gasteiger partial charge in [0.25, 0.3) is 0 Å². The monoisotopic (exact) mass is 333 g/mol. The first-order valence-corrected chi connectivity index (χ1v) is 7.77. The second kappa shape index (κ2) is 5.96. The molecule has 2 aromatic rings. The lowest BCUT2D eigenvalue weighted by Crippen LogP contribution is -2.32. The first kappa shape index (κ1) is 13.6. The minimum atomic E-state index is -0.156. The summed E-state index contributed by atoms with van der Waals surface area (Å²) in [6.07, 6.45) is 2.24. The number of halogens is 2. The highest BCUT2D eigenvalue weighted by Gasteiger charge is 2.21. The summed E-state index contributed by atoms with van der Waals surface area (Å²) in [4.78, 5) is 2.28. The van der Waals surface area contributed by atoms with Gasteiger partial charge in [0.1, 0.15) is 5.82 Å². The number of benzene rings is 2. The van der Waals surface area contributed by atoms with Crippen molar-refractivity contribution in [2.24, 2.45) is 0 Å². The number of hydrogen-bond donors (Lipinski definition) is 0. The maximum absolute atomic E-state index is 13.3. The molecule has 1 aliphatic rings. The third-order valence-electron chi connectivity index (χ3n) is 3.99. The van der Waals surface area contributed by atoms with Crippen molar-refractivity contribution in [3.8, 4) is 0 Å². The molecular formula is C17H17BrFN. The minimum absolute atomic E-state index is 0.156. The van der Waals surface area contributed by atoms with E-state index in [-0.39, 0.29) is 5.82 Å². The van der Waals surface area contributed by atoms with E-state index in [1.807, 2.05) is 6.07 Å². The molecule has 0 saturated carbocycles. The van der Waals surface area contributed by atoms with Gasteiger partial charge in [-0.15, -0.1) is 0 Å². The highest BCUT2D eigenvalue weighted by atomic mass is 79.9. The SMILES string of the molecule is Fc1cccc(N2CCC(c3cccc(Br)c3)CC2)c1. The molecule has 0 N–H and O–H groups in total. The number of anilines is 1. The van der Waals surface area contributed by atoms with Crippen molar-refractivity contribution in [3.63, 3.8) is 0 Å². The molecule has 0 aliphatic carbocycles. The number of nitrogens with zero attached hydrogens (tertiary/aromatic N) is 1. The summed E-state index contributed by atoms with van der Waals surface area (Å²) in [6, 6.07) is 15.5. The Bertz CT molecular complexity index is 538. The Morgan fingerprint density at radius 3 is 2.45 bits per heavy atom. The molecular weight excluding hydrogens is 317 g/mol. The molecule has 1 fully saturated rings. The van der Waals surface area contributed by atoms with Gasteiger partial charge >= 0.3 is 0 Å². The average molecular weight is 334 g/mol. The Hall–Kier alpha value is -1.35. The molecule has 0 amide bonds. The average Bonchev–Trinajstić information content (AvgIpc) is 2.47. The molecule has 20 heavy (non-hydrogen) atoms. The molecule has 0 aromatic heterocycles. The van der Waals surface area contributed by atoms with Crippen LogP contribution in [0.5, 0.6) is 0 Å². The Balaban J connectivity index is 1.68. The quantitative estimate of drug-likeness (QED) is 0.749. The summed E-state index contributed by atoms with van der Waals surface area (Å²) in [7, 11) is 0. The van der Waals surface area contributed by atoms with Crippen molar-refractivity contribution in [3.05, 3.63) is 64.4 Å². The van der Waals surface area contributed by atoms with Gasteiger partial charge < -0.3 is 4.90 Å². The smallest absolute Gasteiger partial charge is 0.125 e. The molecule has 104 valence electrons. The van der Waals surface area contributed by atoms with Crippen molar-refractivity contribution in [1.29, 1.82) is 0 Å². The van der Waals surface area contributed by atoms with E-state index in [1.165, 1.54) is 11.6 Å². The third-order valence-corrected chi connectivity index (χ3v) is 4.48. The highest BCUT2D eigenvalue weighted by molar-refractivity contribution is 9.10. The van der Waals surface area contributed by atoms with Gasteiger partial charge in [-0.05, 0) is 54.7 Å². The summed E-state index contributed by atoms with van der Waals surface area (Å²) >= 11 is 3.53. The molecule has 1 aliphatic heterocycles. The van der Waals surface area contributed by atoms with Gasteiger partial charge in [0.2, 0.25) is 0 Å². The Labute approximate surface area is 127 Å². The first-order valence-electron chi connectivity index (χ1n) is 6.98. The molecule has 1 nitrogen and oxygen atoms in total. The molecule has 0 bridgehead atoms. The van der Waals surface area contributed by atoms with E-state index in [1.54, 1.807) is 12.1 Å². The lowest BCUT2D eigenvalue weighted by atomic mass is 9.89. The first-order chi connectivity index (χ1) is 9.72. The van der Waals surface area contributed by atoms with E-state index in [4.69, 9.17) is 0 Å². The largest absolute Gasteiger partial charge is 0.371 e. The molecule has 3 rings (SSSR count). The van der Waals surface area contributed by atoms with Crippen LogP contribution in [0, 0.1) is 5.82 Å². The van der Waals surface area contributed by atoms with Gasteiger partial charge in [0, 0.05) is 23.2 Å². The van der Waals surface area contributed by atoms with Crippen LogP contribution >= 0.6 is 15.9 Å². The summed E-state index contributed by atoms with van der Waals surface area (Å²) in [5.41, 5.74) is 2.40. The van der Waals surface area contributed by atoms with E-state index < -0.39 is 0 Å². The van der Waals surface area contributed by atoms with E-state index in [0.717, 1.165) is 36.1 Å². The van der Waals surface area contributed by atoms with Crippen LogP contribution in [0.15, 0.2) is 53.0 Å². The molecule has 0 atom stereocenters. The fourth-order valence-corrected chi connectivity index (χ4v) is 3.32. The predicted octanol–water partition coefficient (Wildman–Crippen LogP) is 4.97. The van der Waals surface area contributed by atoms with E-state index in [0.29, 0.717) is 5.92 Å². The van der Waals surface area contributed by atoms with Gasteiger partial charge in [-0.25, -0.2) is 4.39 Å². The van der Waals surface area contributed by atoms with Crippen molar-refractivity contribution in [2.75, 3.05) is 18.0 Å². The summed E-state index contributed by atoms with van der Waals surface area (Å²) in [5.74, 6) is 0.453. The van der Waals surface area contributed by atoms with Crippen LogP contribution in [0.1, 0.15) is 24.3 Å². The second-order valence-electron chi connectivity index (χ2n) is 5.30. The second-order valence-corrected chi connectivity index (χ2v) is 6.21. The molecule has 1 heterocycles. The van der Waals surface area contributed by atoms with Crippen molar-refractivity contribution in [2.45, 2.75) is 18.8 Å². The topological polar surface area (TPSA) is 3.24 Å². The zero-order chi connectivity index (χ0) is 13.9. The van der Waals surface area contributed by atoms with Gasteiger partial charge in [-0.1, -0.05) is 34.1 Å². The lowest BCUT2D eigenvalue weighted by Gasteiger charge is -2.34. The van der Waals surface area contributed by atoms with Gasteiger partial charge in [0.15, 0.2) is 0 Å². The minimum Gasteiger partial charge on any atom is -0.371 e. The van der Waals surface area contributed by atoms with Crippen LogP contribution in [0.25, 0.3) is 0 Å². The van der Waals surface area contributed by atoms with Crippen LogP contribution in [-0.4, -0.2) is 13.1 Å².